The summed E-state index contributed by atoms with van der Waals surface area (Å²) in [5, 5.41) is 3.69. The largest absolute Gasteiger partial charge is 0.310 e. The molecule has 1 saturated carbocycles. The fourth-order valence-electron chi connectivity index (χ4n) is 2.71. The Morgan fingerprint density at radius 1 is 1.44 bits per heavy atom. The highest BCUT2D eigenvalue weighted by Gasteiger charge is 2.25. The second-order valence-electron chi connectivity index (χ2n) is 4.76. The third-order valence-electron chi connectivity index (χ3n) is 3.53. The number of pyridine rings is 1. The smallest absolute Gasteiger partial charge is 0.0363 e. The van der Waals surface area contributed by atoms with Gasteiger partial charge in [0.1, 0.15) is 0 Å². The first-order valence-electron chi connectivity index (χ1n) is 6.55. The molecule has 0 saturated heterocycles. The van der Waals surface area contributed by atoms with Gasteiger partial charge in [-0.2, -0.15) is 0 Å². The maximum Gasteiger partial charge on any atom is 0.0363 e. The lowest BCUT2D eigenvalue weighted by Gasteiger charge is -2.24. The van der Waals surface area contributed by atoms with Crippen LogP contribution in [0.25, 0.3) is 0 Å². The number of nitrogens with zero attached hydrogens (tertiary/aromatic N) is 1. The molecule has 0 radical (unpaired) electrons. The van der Waals surface area contributed by atoms with Gasteiger partial charge in [-0.3, -0.25) is 4.98 Å². The van der Waals surface area contributed by atoms with Crippen molar-refractivity contribution in [3.05, 3.63) is 30.1 Å². The van der Waals surface area contributed by atoms with Crippen LogP contribution in [0.3, 0.4) is 0 Å². The molecule has 1 aromatic rings. The molecule has 0 aliphatic heterocycles. The van der Waals surface area contributed by atoms with E-state index in [1.165, 1.54) is 37.7 Å². The number of aromatic nitrogens is 1. The van der Waals surface area contributed by atoms with Crippen LogP contribution in [0, 0.1) is 5.92 Å². The molecule has 88 valence electrons. The first-order valence-corrected chi connectivity index (χ1v) is 6.55. The zero-order valence-electron chi connectivity index (χ0n) is 10.2. The lowest BCUT2D eigenvalue weighted by Crippen LogP contribution is -2.27. The average molecular weight is 218 g/mol. The third kappa shape index (κ3) is 2.82. The number of rotatable bonds is 5. The molecule has 1 atom stereocenters. The summed E-state index contributed by atoms with van der Waals surface area (Å²) >= 11 is 0. The second-order valence-corrected chi connectivity index (χ2v) is 4.76. The Kier molecular flexibility index (Phi) is 4.34. The molecule has 0 spiro atoms. The summed E-state index contributed by atoms with van der Waals surface area (Å²) in [7, 11) is 0. The number of hydrogen-bond acceptors (Lipinski definition) is 2. The Morgan fingerprint density at radius 2 is 2.25 bits per heavy atom. The van der Waals surface area contributed by atoms with Crippen LogP contribution < -0.4 is 5.32 Å². The van der Waals surface area contributed by atoms with Crippen molar-refractivity contribution in [2.45, 2.75) is 45.1 Å². The fourth-order valence-corrected chi connectivity index (χ4v) is 2.71. The molecule has 1 aromatic heterocycles. The Hall–Kier alpha value is -0.890. The van der Waals surface area contributed by atoms with Gasteiger partial charge in [0.25, 0.3) is 0 Å². The van der Waals surface area contributed by atoms with E-state index < -0.39 is 0 Å². The quantitative estimate of drug-likeness (QED) is 0.820. The Morgan fingerprint density at radius 3 is 2.88 bits per heavy atom. The van der Waals surface area contributed by atoms with Gasteiger partial charge in [0.15, 0.2) is 0 Å². The lowest BCUT2D eigenvalue weighted by molar-refractivity contribution is 0.367. The van der Waals surface area contributed by atoms with Crippen LogP contribution in [0.2, 0.25) is 0 Å². The standard InChI is InChI=1S/C14H22N2/c1-2-9-16-14(12-6-3-4-7-12)13-8-5-10-15-11-13/h5,8,10-12,14,16H,2-4,6-7,9H2,1H3. The van der Waals surface area contributed by atoms with Crippen molar-refractivity contribution in [2.24, 2.45) is 5.92 Å². The van der Waals surface area contributed by atoms with E-state index in [1.807, 2.05) is 18.5 Å². The Labute approximate surface area is 98.5 Å². The van der Waals surface area contributed by atoms with Gasteiger partial charge in [0.05, 0.1) is 0 Å². The average Bonchev–Trinajstić information content (AvgIpc) is 2.85. The Bertz CT molecular complexity index is 291. The van der Waals surface area contributed by atoms with Crippen molar-refractivity contribution in [2.75, 3.05) is 6.54 Å². The summed E-state index contributed by atoms with van der Waals surface area (Å²) in [4.78, 5) is 4.25. The molecule has 2 rings (SSSR count). The summed E-state index contributed by atoms with van der Waals surface area (Å²) in [6.45, 7) is 3.33. The SMILES string of the molecule is CCCNC(c1cccnc1)C1CCCC1. The van der Waals surface area contributed by atoms with Crippen LogP contribution in [0.15, 0.2) is 24.5 Å². The normalized spacial score (nSPS) is 18.8. The molecular formula is C14H22N2. The van der Waals surface area contributed by atoms with E-state index in [0.717, 1.165) is 12.5 Å². The van der Waals surface area contributed by atoms with Gasteiger partial charge in [-0.1, -0.05) is 25.8 Å². The molecule has 16 heavy (non-hydrogen) atoms. The molecule has 0 amide bonds. The molecule has 1 fully saturated rings. The van der Waals surface area contributed by atoms with E-state index >= 15 is 0 Å². The van der Waals surface area contributed by atoms with Crippen molar-refractivity contribution in [3.63, 3.8) is 0 Å². The molecule has 0 bridgehead atoms. The van der Waals surface area contributed by atoms with E-state index in [4.69, 9.17) is 0 Å². The van der Waals surface area contributed by atoms with Crippen molar-refractivity contribution < 1.29 is 0 Å². The van der Waals surface area contributed by atoms with E-state index in [9.17, 15) is 0 Å². The third-order valence-corrected chi connectivity index (χ3v) is 3.53. The molecule has 1 N–H and O–H groups in total. The molecule has 1 unspecified atom stereocenters. The number of nitrogens with one attached hydrogen (secondary N) is 1. The maximum absolute atomic E-state index is 4.25. The van der Waals surface area contributed by atoms with E-state index in [2.05, 4.69) is 23.3 Å². The summed E-state index contributed by atoms with van der Waals surface area (Å²) in [5.74, 6) is 0.816. The van der Waals surface area contributed by atoms with Crippen LogP contribution >= 0.6 is 0 Å². The van der Waals surface area contributed by atoms with Crippen molar-refractivity contribution in [1.82, 2.24) is 10.3 Å². The predicted octanol–water partition coefficient (Wildman–Crippen LogP) is 3.31. The maximum atomic E-state index is 4.25. The predicted molar refractivity (Wildman–Crippen MR) is 67.2 cm³/mol. The van der Waals surface area contributed by atoms with Crippen molar-refractivity contribution >= 4 is 0 Å². The zero-order chi connectivity index (χ0) is 11.2. The lowest BCUT2D eigenvalue weighted by atomic mass is 9.92. The minimum absolute atomic E-state index is 0.524. The molecule has 2 nitrogen and oxygen atoms in total. The first-order chi connectivity index (χ1) is 7.92. The Balaban J connectivity index is 2.07. The van der Waals surface area contributed by atoms with E-state index in [0.29, 0.717) is 6.04 Å². The minimum Gasteiger partial charge on any atom is -0.310 e. The van der Waals surface area contributed by atoms with Gasteiger partial charge in [-0.05, 0) is 43.4 Å². The fraction of sp³-hybridized carbons (Fsp3) is 0.643. The molecule has 0 aromatic carbocycles. The highest BCUT2D eigenvalue weighted by molar-refractivity contribution is 5.15. The summed E-state index contributed by atoms with van der Waals surface area (Å²) in [5.41, 5.74) is 1.36. The second kappa shape index (κ2) is 6.00. The highest BCUT2D eigenvalue weighted by Crippen LogP contribution is 2.35. The van der Waals surface area contributed by atoms with Gasteiger partial charge >= 0.3 is 0 Å². The van der Waals surface area contributed by atoms with Crippen LogP contribution in [0.4, 0.5) is 0 Å². The first kappa shape index (κ1) is 11.6. The molecule has 2 heteroatoms. The van der Waals surface area contributed by atoms with Gasteiger partial charge < -0.3 is 5.32 Å². The van der Waals surface area contributed by atoms with Crippen LogP contribution in [-0.2, 0) is 0 Å². The van der Waals surface area contributed by atoms with Gasteiger partial charge in [0.2, 0.25) is 0 Å². The van der Waals surface area contributed by atoms with Crippen LogP contribution in [0.5, 0.6) is 0 Å². The zero-order valence-corrected chi connectivity index (χ0v) is 10.2. The van der Waals surface area contributed by atoms with Crippen LogP contribution in [-0.4, -0.2) is 11.5 Å². The summed E-state index contributed by atoms with van der Waals surface area (Å²) in [6.07, 6.45) is 10.6. The highest BCUT2D eigenvalue weighted by atomic mass is 14.9. The monoisotopic (exact) mass is 218 g/mol. The van der Waals surface area contributed by atoms with Crippen molar-refractivity contribution in [3.8, 4) is 0 Å². The minimum atomic E-state index is 0.524. The van der Waals surface area contributed by atoms with E-state index in [1.54, 1.807) is 0 Å². The van der Waals surface area contributed by atoms with Gasteiger partial charge in [-0.15, -0.1) is 0 Å². The molecule has 1 aliphatic carbocycles. The molecule has 1 aliphatic rings. The molecular weight excluding hydrogens is 196 g/mol. The molecule has 1 heterocycles. The summed E-state index contributed by atoms with van der Waals surface area (Å²) < 4.78 is 0. The van der Waals surface area contributed by atoms with Gasteiger partial charge in [-0.25, -0.2) is 0 Å². The van der Waals surface area contributed by atoms with Crippen molar-refractivity contribution in [1.29, 1.82) is 0 Å². The summed E-state index contributed by atoms with van der Waals surface area (Å²) in [6, 6.07) is 4.78. The number of hydrogen-bond donors (Lipinski definition) is 1. The van der Waals surface area contributed by atoms with Gasteiger partial charge in [0, 0.05) is 18.4 Å². The topological polar surface area (TPSA) is 24.9 Å². The van der Waals surface area contributed by atoms with Crippen LogP contribution in [0.1, 0.15) is 50.6 Å². The van der Waals surface area contributed by atoms with E-state index in [-0.39, 0.29) is 0 Å².